The molecule has 2 aromatic rings. The van der Waals surface area contributed by atoms with Crippen molar-refractivity contribution in [1.29, 1.82) is 5.26 Å². The first-order valence-corrected chi connectivity index (χ1v) is 8.78. The fraction of sp³-hybridized carbons (Fsp3) is 0.286. The number of nitrogens with one attached hydrogen (secondary N) is 1. The van der Waals surface area contributed by atoms with Gasteiger partial charge in [-0.25, -0.2) is 0 Å². The first-order chi connectivity index (χ1) is 12.7. The molecule has 5 nitrogen and oxygen atoms in total. The fourth-order valence-corrected chi connectivity index (χ4v) is 3.17. The lowest BCUT2D eigenvalue weighted by atomic mass is 10.0. The average Bonchev–Trinajstić information content (AvgIpc) is 2.69. The summed E-state index contributed by atoms with van der Waals surface area (Å²) in [5.74, 6) is -0.222. The van der Waals surface area contributed by atoms with Crippen molar-refractivity contribution in [3.63, 3.8) is 0 Å². The number of amides is 2. The Hall–Kier alpha value is -3.13. The number of likely N-dealkylation sites (tertiary alicyclic amines) is 1. The minimum atomic E-state index is -0.131. The van der Waals surface area contributed by atoms with Crippen molar-refractivity contribution in [1.82, 2.24) is 10.2 Å². The summed E-state index contributed by atoms with van der Waals surface area (Å²) >= 11 is 0. The van der Waals surface area contributed by atoms with E-state index in [1.165, 1.54) is 0 Å². The van der Waals surface area contributed by atoms with Gasteiger partial charge in [0.1, 0.15) is 6.42 Å². The smallest absolute Gasteiger partial charge is 0.251 e. The molecule has 0 spiro atoms. The molecule has 2 aromatic carbocycles. The van der Waals surface area contributed by atoms with Crippen LogP contribution in [0.25, 0.3) is 11.1 Å². The Morgan fingerprint density at radius 2 is 1.62 bits per heavy atom. The lowest BCUT2D eigenvalue weighted by Gasteiger charge is -2.32. The number of benzene rings is 2. The second kappa shape index (κ2) is 8.30. The molecular formula is C21H21N3O2. The van der Waals surface area contributed by atoms with Crippen LogP contribution in [0.3, 0.4) is 0 Å². The van der Waals surface area contributed by atoms with E-state index >= 15 is 0 Å². The lowest BCUT2D eigenvalue weighted by Crippen LogP contribution is -2.46. The minimum absolute atomic E-state index is 0.0578. The van der Waals surface area contributed by atoms with E-state index in [1.54, 1.807) is 4.90 Å². The molecule has 1 saturated heterocycles. The zero-order chi connectivity index (χ0) is 18.4. The molecule has 3 rings (SSSR count). The zero-order valence-electron chi connectivity index (χ0n) is 14.5. The topological polar surface area (TPSA) is 73.2 Å². The van der Waals surface area contributed by atoms with Crippen LogP contribution >= 0.6 is 0 Å². The van der Waals surface area contributed by atoms with Crippen molar-refractivity contribution in [3.05, 3.63) is 60.2 Å². The molecule has 1 N–H and O–H groups in total. The van der Waals surface area contributed by atoms with E-state index in [4.69, 9.17) is 5.26 Å². The molecule has 0 aliphatic carbocycles. The summed E-state index contributed by atoms with van der Waals surface area (Å²) in [4.78, 5) is 25.9. The molecule has 0 aromatic heterocycles. The summed E-state index contributed by atoms with van der Waals surface area (Å²) < 4.78 is 0. The molecule has 26 heavy (non-hydrogen) atoms. The van der Waals surface area contributed by atoms with Gasteiger partial charge in [-0.1, -0.05) is 42.5 Å². The Bertz CT molecular complexity index is 801. The molecule has 1 heterocycles. The van der Waals surface area contributed by atoms with Crippen molar-refractivity contribution >= 4 is 11.8 Å². The van der Waals surface area contributed by atoms with Gasteiger partial charge < -0.3 is 10.2 Å². The Kier molecular flexibility index (Phi) is 5.65. The molecular weight excluding hydrogens is 326 g/mol. The highest BCUT2D eigenvalue weighted by molar-refractivity contribution is 5.94. The quantitative estimate of drug-likeness (QED) is 0.924. The van der Waals surface area contributed by atoms with E-state index in [0.717, 1.165) is 11.1 Å². The number of hydrogen-bond acceptors (Lipinski definition) is 3. The summed E-state index contributed by atoms with van der Waals surface area (Å²) in [6, 6.07) is 19.6. The number of rotatable bonds is 4. The molecule has 0 unspecified atom stereocenters. The van der Waals surface area contributed by atoms with E-state index in [-0.39, 0.29) is 24.3 Å². The van der Waals surface area contributed by atoms with Gasteiger partial charge in [-0.3, -0.25) is 9.59 Å². The van der Waals surface area contributed by atoms with Crippen LogP contribution in [0.15, 0.2) is 54.6 Å². The molecule has 2 amide bonds. The maximum absolute atomic E-state index is 12.4. The van der Waals surface area contributed by atoms with Crippen LogP contribution < -0.4 is 5.32 Å². The monoisotopic (exact) mass is 347 g/mol. The SMILES string of the molecule is N#CCC(=O)N1CCC(NC(=O)c2ccc(-c3ccccc3)cc2)CC1. The minimum Gasteiger partial charge on any atom is -0.349 e. The lowest BCUT2D eigenvalue weighted by molar-refractivity contribution is -0.131. The van der Waals surface area contributed by atoms with Gasteiger partial charge in [-0.2, -0.15) is 5.26 Å². The highest BCUT2D eigenvalue weighted by atomic mass is 16.2. The van der Waals surface area contributed by atoms with E-state index in [2.05, 4.69) is 5.32 Å². The second-order valence-electron chi connectivity index (χ2n) is 6.41. The predicted molar refractivity (Wildman–Crippen MR) is 99.2 cm³/mol. The third-order valence-electron chi connectivity index (χ3n) is 4.67. The third-order valence-corrected chi connectivity index (χ3v) is 4.67. The van der Waals surface area contributed by atoms with Crippen molar-refractivity contribution in [2.75, 3.05) is 13.1 Å². The zero-order valence-corrected chi connectivity index (χ0v) is 14.5. The molecule has 1 aliphatic rings. The Balaban J connectivity index is 1.54. The molecule has 0 saturated carbocycles. The average molecular weight is 347 g/mol. The fourth-order valence-electron chi connectivity index (χ4n) is 3.17. The molecule has 0 radical (unpaired) electrons. The molecule has 0 atom stereocenters. The van der Waals surface area contributed by atoms with Crippen molar-refractivity contribution in [2.24, 2.45) is 0 Å². The molecule has 1 aliphatic heterocycles. The van der Waals surface area contributed by atoms with Gasteiger partial charge in [0.15, 0.2) is 0 Å². The van der Waals surface area contributed by atoms with E-state index in [9.17, 15) is 9.59 Å². The van der Waals surface area contributed by atoms with Crippen LogP contribution in [0.1, 0.15) is 29.6 Å². The highest BCUT2D eigenvalue weighted by Crippen LogP contribution is 2.19. The predicted octanol–water partition coefficient (Wildman–Crippen LogP) is 2.99. The number of nitriles is 1. The van der Waals surface area contributed by atoms with Crippen LogP contribution in [0.5, 0.6) is 0 Å². The van der Waals surface area contributed by atoms with E-state index in [1.807, 2.05) is 60.7 Å². The highest BCUT2D eigenvalue weighted by Gasteiger charge is 2.23. The van der Waals surface area contributed by atoms with Crippen LogP contribution in [0.2, 0.25) is 0 Å². The maximum atomic E-state index is 12.4. The first-order valence-electron chi connectivity index (χ1n) is 8.78. The molecule has 1 fully saturated rings. The Morgan fingerprint density at radius 1 is 1.00 bits per heavy atom. The van der Waals surface area contributed by atoms with Crippen LogP contribution in [0.4, 0.5) is 0 Å². The van der Waals surface area contributed by atoms with Gasteiger partial charge in [-0.05, 0) is 36.1 Å². The van der Waals surface area contributed by atoms with Crippen LogP contribution in [0, 0.1) is 11.3 Å². The van der Waals surface area contributed by atoms with Crippen molar-refractivity contribution in [2.45, 2.75) is 25.3 Å². The van der Waals surface area contributed by atoms with Crippen molar-refractivity contribution in [3.8, 4) is 17.2 Å². The third kappa shape index (κ3) is 4.28. The number of nitrogens with zero attached hydrogens (tertiary/aromatic N) is 2. The van der Waals surface area contributed by atoms with Gasteiger partial charge in [0, 0.05) is 24.7 Å². The summed E-state index contributed by atoms with van der Waals surface area (Å²) in [6.45, 7) is 1.16. The van der Waals surface area contributed by atoms with Gasteiger partial charge in [0.2, 0.25) is 5.91 Å². The van der Waals surface area contributed by atoms with Gasteiger partial charge >= 0.3 is 0 Å². The van der Waals surface area contributed by atoms with Gasteiger partial charge in [-0.15, -0.1) is 0 Å². The van der Waals surface area contributed by atoms with E-state index in [0.29, 0.717) is 31.5 Å². The van der Waals surface area contributed by atoms with Crippen molar-refractivity contribution < 1.29 is 9.59 Å². The molecule has 0 bridgehead atoms. The largest absolute Gasteiger partial charge is 0.349 e. The van der Waals surface area contributed by atoms with Gasteiger partial charge in [0.25, 0.3) is 5.91 Å². The van der Waals surface area contributed by atoms with Gasteiger partial charge in [0.05, 0.1) is 6.07 Å². The number of carbonyl (C=O) groups excluding carboxylic acids is 2. The number of carbonyl (C=O) groups is 2. The summed E-state index contributed by atoms with van der Waals surface area (Å²) in [5.41, 5.74) is 2.83. The number of piperidine rings is 1. The normalized spacial score (nSPS) is 14.5. The van der Waals surface area contributed by atoms with E-state index < -0.39 is 0 Å². The second-order valence-corrected chi connectivity index (χ2v) is 6.41. The first kappa shape index (κ1) is 17.7. The molecule has 132 valence electrons. The standard InChI is InChI=1S/C21H21N3O2/c22-13-10-20(25)24-14-11-19(12-15-24)23-21(26)18-8-6-17(7-9-18)16-4-2-1-3-5-16/h1-9,19H,10-12,14-15H2,(H,23,26). The summed E-state index contributed by atoms with van der Waals surface area (Å²) in [5, 5.41) is 11.6. The Labute approximate surface area is 153 Å². The number of hydrogen-bond donors (Lipinski definition) is 1. The van der Waals surface area contributed by atoms with Crippen LogP contribution in [-0.4, -0.2) is 35.8 Å². The summed E-state index contributed by atoms with van der Waals surface area (Å²) in [6.07, 6.45) is 1.35. The molecule has 5 heteroatoms. The van der Waals surface area contributed by atoms with Crippen LogP contribution in [-0.2, 0) is 4.79 Å². The maximum Gasteiger partial charge on any atom is 0.251 e. The summed E-state index contributed by atoms with van der Waals surface area (Å²) in [7, 11) is 0. The Morgan fingerprint density at radius 3 is 2.23 bits per heavy atom.